The van der Waals surface area contributed by atoms with Crippen molar-refractivity contribution in [3.05, 3.63) is 137 Å². The van der Waals surface area contributed by atoms with Gasteiger partial charge in [0, 0.05) is 35.1 Å². The number of aromatic nitrogens is 2. The smallest absolute Gasteiger partial charge is 0.232 e. The maximum absolute atomic E-state index is 11.7. The van der Waals surface area contributed by atoms with Crippen molar-refractivity contribution in [2.75, 3.05) is 26.8 Å². The number of carbonyl (C=O) groups excluding carboxylic acids is 1. The molecule has 12 heteroatoms. The Hall–Kier alpha value is -7.10. The number of azo groups is 1. The molecule has 0 aliphatic carbocycles. The summed E-state index contributed by atoms with van der Waals surface area (Å²) in [5, 5.41) is 32.6. The van der Waals surface area contributed by atoms with Crippen molar-refractivity contribution in [2.45, 2.75) is 41.5 Å². The average Bonchev–Trinajstić information content (AvgIpc) is 3.58. The second kappa shape index (κ2) is 16.1. The van der Waals surface area contributed by atoms with Crippen LogP contribution in [0.25, 0.3) is 22.0 Å². The van der Waals surface area contributed by atoms with E-state index in [9.17, 15) is 10.1 Å². The van der Waals surface area contributed by atoms with E-state index in [4.69, 9.17) is 15.1 Å². The molecule has 0 unspecified atom stereocenters. The Morgan fingerprint density at radius 3 is 1.95 bits per heavy atom. The molecule has 0 fully saturated rings. The van der Waals surface area contributed by atoms with Gasteiger partial charge in [0.25, 0.3) is 0 Å². The molecular weight excluding hydrogens is 717 g/mol. The summed E-state index contributed by atoms with van der Waals surface area (Å²) < 4.78 is 0. The first kappa shape index (κ1) is 37.2. The molecule has 278 valence electrons. The third kappa shape index (κ3) is 8.49. The first-order valence-electron chi connectivity index (χ1n) is 18.0. The predicted octanol–water partition coefficient (Wildman–Crippen LogP) is 12.1. The molecule has 0 aliphatic rings. The Balaban J connectivity index is 1.26. The van der Waals surface area contributed by atoms with Gasteiger partial charge in [-0.1, -0.05) is 82.6 Å². The van der Waals surface area contributed by atoms with E-state index in [-0.39, 0.29) is 5.91 Å². The average molecular weight is 757 g/mol. The number of anilines is 7. The number of nitriles is 1. The van der Waals surface area contributed by atoms with Crippen molar-refractivity contribution in [3.63, 3.8) is 0 Å². The molecule has 0 radical (unpaired) electrons. The largest absolute Gasteiger partial charge is 0.339 e. The Morgan fingerprint density at radius 1 is 0.679 bits per heavy atom. The second-order valence-corrected chi connectivity index (χ2v) is 14.6. The summed E-state index contributed by atoms with van der Waals surface area (Å²) in [5.41, 5.74) is 17.3. The lowest BCUT2D eigenvalue weighted by atomic mass is 10.0. The fraction of sp³-hybridized carbons (Fsp3) is 0.136. The molecule has 5 aromatic carbocycles. The van der Waals surface area contributed by atoms with Crippen LogP contribution < -0.4 is 26.8 Å². The van der Waals surface area contributed by atoms with E-state index in [1.165, 1.54) is 34.8 Å². The number of amides is 1. The van der Waals surface area contributed by atoms with Gasteiger partial charge in [0.15, 0.2) is 11.6 Å². The molecule has 0 atom stereocenters. The van der Waals surface area contributed by atoms with Gasteiger partial charge in [-0.15, -0.1) is 10.2 Å². The zero-order valence-corrected chi connectivity index (χ0v) is 32.7. The molecule has 0 bridgehead atoms. The number of thiazole rings is 1. The Labute approximate surface area is 329 Å². The van der Waals surface area contributed by atoms with E-state index in [0.29, 0.717) is 50.0 Å². The summed E-state index contributed by atoms with van der Waals surface area (Å²) in [6.07, 6.45) is 0. The lowest BCUT2D eigenvalue weighted by Gasteiger charge is -2.16. The first-order chi connectivity index (χ1) is 27.0. The third-order valence-electron chi connectivity index (χ3n) is 9.11. The second-order valence-electron chi connectivity index (χ2n) is 13.7. The highest BCUT2D eigenvalue weighted by Crippen LogP contribution is 2.41. The molecule has 7 aromatic rings. The van der Waals surface area contributed by atoms with E-state index in [1.54, 1.807) is 0 Å². The predicted molar refractivity (Wildman–Crippen MR) is 229 cm³/mol. The number of benzene rings is 5. The van der Waals surface area contributed by atoms with Crippen LogP contribution >= 0.6 is 11.3 Å². The van der Waals surface area contributed by atoms with Crippen LogP contribution in [-0.2, 0) is 4.79 Å². The maximum atomic E-state index is 11.7. The van der Waals surface area contributed by atoms with Gasteiger partial charge in [-0.3, -0.25) is 10.2 Å². The van der Waals surface area contributed by atoms with Crippen LogP contribution in [0, 0.1) is 45.9 Å². The van der Waals surface area contributed by atoms with E-state index < -0.39 is 0 Å². The van der Waals surface area contributed by atoms with Gasteiger partial charge < -0.3 is 21.4 Å². The zero-order valence-electron chi connectivity index (χ0n) is 31.9. The van der Waals surface area contributed by atoms with Crippen LogP contribution in [0.2, 0.25) is 0 Å². The highest BCUT2D eigenvalue weighted by Gasteiger charge is 2.20. The SMILES string of the molecule is CC(=O)Nc1ccc(-c2nc(N=Nc3c(Nc4ccc(C)cc4)nc(Nc4ccc(C)cc4)c(C#N)c3C)sc2NNc2ccc3c(C)cc(C)cc3c2)cc1. The minimum atomic E-state index is -0.152. The molecule has 0 aliphatic heterocycles. The molecule has 2 heterocycles. The zero-order chi connectivity index (χ0) is 39.3. The number of hydrogen-bond acceptors (Lipinski definition) is 11. The summed E-state index contributed by atoms with van der Waals surface area (Å²) >= 11 is 1.32. The number of hydrogen-bond donors (Lipinski definition) is 5. The molecular formula is C44H40N10OS. The Bertz CT molecular complexity index is 2640. The summed E-state index contributed by atoms with van der Waals surface area (Å²) in [6.45, 7) is 11.6. The van der Waals surface area contributed by atoms with E-state index in [2.05, 4.69) is 76.1 Å². The number of aryl methyl sites for hydroxylation is 4. The highest BCUT2D eigenvalue weighted by molar-refractivity contribution is 7.19. The molecule has 0 saturated carbocycles. The fourth-order valence-electron chi connectivity index (χ4n) is 6.27. The Kier molecular flexibility index (Phi) is 10.7. The number of nitrogens with zero attached hydrogens (tertiary/aromatic N) is 5. The van der Waals surface area contributed by atoms with Crippen LogP contribution in [0.1, 0.15) is 40.3 Å². The first-order valence-corrected chi connectivity index (χ1v) is 18.8. The van der Waals surface area contributed by atoms with Crippen LogP contribution in [0.3, 0.4) is 0 Å². The molecule has 2 aromatic heterocycles. The maximum Gasteiger partial charge on any atom is 0.232 e. The van der Waals surface area contributed by atoms with Crippen molar-refractivity contribution in [2.24, 2.45) is 10.2 Å². The number of hydrazine groups is 1. The molecule has 1 amide bonds. The van der Waals surface area contributed by atoms with Crippen molar-refractivity contribution in [3.8, 4) is 17.3 Å². The van der Waals surface area contributed by atoms with Crippen molar-refractivity contribution >= 4 is 78.2 Å². The summed E-state index contributed by atoms with van der Waals surface area (Å²) in [5.74, 6) is 0.676. The summed E-state index contributed by atoms with van der Waals surface area (Å²) in [6, 6.07) is 36.2. The third-order valence-corrected chi connectivity index (χ3v) is 9.96. The standard InChI is InChI=1S/C44H40N10OS/c1-25-7-13-34(14-8-25)47-41-38(24-45)29(5)39(42(50-41)48-35-15-9-26(2)10-16-35)52-54-44-49-40(31-11-17-33(18-12-31)46-30(6)55)43(56-44)53-51-36-19-20-37-28(4)21-27(3)22-32(37)23-36/h7-23,51,53H,1-6H3,(H,46,55)(H2,47,48,50). The molecule has 7 rings (SSSR count). The normalized spacial score (nSPS) is 11.0. The number of pyridine rings is 1. The topological polar surface area (TPSA) is 152 Å². The lowest BCUT2D eigenvalue weighted by Crippen LogP contribution is -2.08. The number of nitrogens with one attached hydrogen (secondary N) is 5. The molecule has 0 saturated heterocycles. The van der Waals surface area contributed by atoms with Gasteiger partial charge >= 0.3 is 0 Å². The lowest BCUT2D eigenvalue weighted by molar-refractivity contribution is -0.114. The van der Waals surface area contributed by atoms with Crippen molar-refractivity contribution < 1.29 is 4.79 Å². The number of rotatable bonds is 11. The van der Waals surface area contributed by atoms with Crippen molar-refractivity contribution in [1.82, 2.24) is 9.97 Å². The van der Waals surface area contributed by atoms with Crippen molar-refractivity contribution in [1.29, 1.82) is 5.26 Å². The van der Waals surface area contributed by atoms with E-state index in [1.807, 2.05) is 99.6 Å². The van der Waals surface area contributed by atoms with Crippen LogP contribution in [0.15, 0.2) is 113 Å². The van der Waals surface area contributed by atoms with Crippen LogP contribution in [0.4, 0.5) is 50.2 Å². The monoisotopic (exact) mass is 756 g/mol. The van der Waals surface area contributed by atoms with E-state index >= 15 is 0 Å². The van der Waals surface area contributed by atoms with Crippen LogP contribution in [0.5, 0.6) is 0 Å². The highest BCUT2D eigenvalue weighted by atomic mass is 32.1. The summed E-state index contributed by atoms with van der Waals surface area (Å²) in [4.78, 5) is 21.5. The number of fused-ring (bicyclic) bond motifs is 1. The van der Waals surface area contributed by atoms with Gasteiger partial charge in [0.1, 0.15) is 22.5 Å². The fourth-order valence-corrected chi connectivity index (χ4v) is 7.04. The minimum absolute atomic E-state index is 0.152. The molecule has 0 spiro atoms. The molecule has 11 nitrogen and oxygen atoms in total. The number of carbonyl (C=O) groups is 1. The summed E-state index contributed by atoms with van der Waals surface area (Å²) in [7, 11) is 0. The van der Waals surface area contributed by atoms with Gasteiger partial charge in [0.05, 0.1) is 11.3 Å². The quantitative estimate of drug-likeness (QED) is 0.0646. The molecule has 5 N–H and O–H groups in total. The van der Waals surface area contributed by atoms with E-state index in [0.717, 1.165) is 39.1 Å². The minimum Gasteiger partial charge on any atom is -0.339 e. The van der Waals surface area contributed by atoms with Gasteiger partial charge in [-0.25, -0.2) is 9.97 Å². The van der Waals surface area contributed by atoms with Gasteiger partial charge in [-0.05, 0) is 99.5 Å². The molecule has 56 heavy (non-hydrogen) atoms. The van der Waals surface area contributed by atoms with Gasteiger partial charge in [0.2, 0.25) is 11.0 Å². The van der Waals surface area contributed by atoms with Gasteiger partial charge in [-0.2, -0.15) is 5.26 Å². The van der Waals surface area contributed by atoms with Crippen LogP contribution in [-0.4, -0.2) is 15.9 Å². The Morgan fingerprint density at radius 2 is 1.30 bits per heavy atom.